The van der Waals surface area contributed by atoms with Crippen LogP contribution in [0, 0.1) is 44.4 Å². The summed E-state index contributed by atoms with van der Waals surface area (Å²) in [6, 6.07) is 0. The first kappa shape index (κ1) is 50.3. The van der Waals surface area contributed by atoms with Gasteiger partial charge in [0.2, 0.25) is 0 Å². The molecular weight excluding hydrogens is 507 g/mol. The third-order valence-electron chi connectivity index (χ3n) is 4.15. The van der Waals surface area contributed by atoms with Crippen molar-refractivity contribution < 1.29 is 98.1 Å². The van der Waals surface area contributed by atoms with Crippen LogP contribution in [0.5, 0.6) is 0 Å². The minimum absolute atomic E-state index is 0. The molecule has 3 radical (unpaired) electrons. The van der Waals surface area contributed by atoms with Crippen LogP contribution in [0.3, 0.4) is 0 Å². The summed E-state index contributed by atoms with van der Waals surface area (Å²) in [5, 5.41) is 0. The van der Waals surface area contributed by atoms with E-state index in [1.165, 1.54) is 12.8 Å². The summed E-state index contributed by atoms with van der Waals surface area (Å²) in [6.07, 6.45) is 2.50. The molecule has 3 heteroatoms. The molecule has 1 rings (SSSR count). The molecule has 0 unspecified atom stereocenters. The maximum Gasteiger partial charge on any atom is 0 e. The summed E-state index contributed by atoms with van der Waals surface area (Å²) in [6.45, 7) is 24.5. The van der Waals surface area contributed by atoms with Crippen LogP contribution in [0.2, 0.25) is 0 Å². The van der Waals surface area contributed by atoms with E-state index in [0.29, 0.717) is 0 Å². The van der Waals surface area contributed by atoms with Crippen LogP contribution in [0.15, 0.2) is 0 Å². The van der Waals surface area contributed by atoms with E-state index in [-0.39, 0.29) is 113 Å². The van der Waals surface area contributed by atoms with Crippen LogP contribution in [0.25, 0.3) is 0 Å². The van der Waals surface area contributed by atoms with E-state index in [2.05, 4.69) is 62.3 Å². The van der Waals surface area contributed by atoms with Crippen LogP contribution in [-0.2, 0) is 98.1 Å². The van der Waals surface area contributed by atoms with Crippen molar-refractivity contribution in [2.24, 2.45) is 29.6 Å². The molecule has 0 saturated heterocycles. The fraction of sp³-hybridized carbons (Fsp3) is 0.900. The molecule has 139 valence electrons. The van der Waals surface area contributed by atoms with Crippen LogP contribution >= 0.6 is 0 Å². The molecule has 0 aliphatic heterocycles. The van der Waals surface area contributed by atoms with Crippen molar-refractivity contribution in [3.05, 3.63) is 14.9 Å². The second-order valence-electron chi connectivity index (χ2n) is 5.71. The molecule has 0 heterocycles. The Morgan fingerprint density at radius 1 is 0.435 bits per heavy atom. The molecule has 0 aromatic heterocycles. The minimum Gasteiger partial charge on any atom is -0.358 e. The summed E-state index contributed by atoms with van der Waals surface area (Å²) in [5.41, 5.74) is 0. The van der Waals surface area contributed by atoms with Crippen LogP contribution in [0.4, 0.5) is 0 Å². The SMILES string of the molecule is CC.CC1C(C)C(C)C(C)C1C.CCC.CCC.[CH3-].[CH3-].[Y].[Y].[Y]. The largest absolute Gasteiger partial charge is 0.358 e. The van der Waals surface area contributed by atoms with Gasteiger partial charge < -0.3 is 14.9 Å². The third-order valence-corrected chi connectivity index (χ3v) is 4.15. The Morgan fingerprint density at radius 3 is 0.522 bits per heavy atom. The molecule has 0 nitrogen and oxygen atoms in total. The second kappa shape index (κ2) is 36.3. The van der Waals surface area contributed by atoms with Crippen molar-refractivity contribution in [2.75, 3.05) is 0 Å². The van der Waals surface area contributed by atoms with Gasteiger partial charge in [-0.2, -0.15) is 0 Å². The monoisotopic (exact) mass is 555 g/mol. The van der Waals surface area contributed by atoms with Gasteiger partial charge in [-0.1, -0.05) is 89.0 Å². The van der Waals surface area contributed by atoms with Crippen LogP contribution in [-0.4, -0.2) is 0 Å². The van der Waals surface area contributed by atoms with Crippen molar-refractivity contribution in [1.29, 1.82) is 0 Å². The standard InChI is InChI=1S/C10H20.2C3H8.C2H6.2CH3.3Y/c1-6-7(2)9(4)10(5)8(6)3;2*1-3-2;1-2;;;;;/h6-10H,1-5H3;2*3H2,1-2H3;1-2H3;2*1H3;;;/q;;;;2*-1;;;. The van der Waals surface area contributed by atoms with Gasteiger partial charge in [-0.15, -0.1) is 0 Å². The van der Waals surface area contributed by atoms with Crippen LogP contribution < -0.4 is 0 Å². The Hall–Kier alpha value is 3.31. The molecule has 1 aliphatic rings. The molecular formula is C20H48Y3-2. The first-order valence-electron chi connectivity index (χ1n) is 8.38. The number of hydrogen-bond donors (Lipinski definition) is 0. The molecule has 0 spiro atoms. The van der Waals surface area contributed by atoms with Crippen molar-refractivity contribution in [3.8, 4) is 0 Å². The first-order valence-corrected chi connectivity index (χ1v) is 8.38. The Labute approximate surface area is 228 Å². The summed E-state index contributed by atoms with van der Waals surface area (Å²) >= 11 is 0. The predicted octanol–water partition coefficient (Wildman–Crippen LogP) is 7.93. The summed E-state index contributed by atoms with van der Waals surface area (Å²) in [5.74, 6) is 4.68. The molecule has 0 aromatic carbocycles. The molecule has 1 fully saturated rings. The van der Waals surface area contributed by atoms with Gasteiger partial charge in [0.1, 0.15) is 0 Å². The van der Waals surface area contributed by atoms with E-state index in [1.54, 1.807) is 0 Å². The maximum absolute atomic E-state index is 2.40. The van der Waals surface area contributed by atoms with Crippen LogP contribution in [0.1, 0.15) is 89.0 Å². The minimum atomic E-state index is 0. The third kappa shape index (κ3) is 25.3. The van der Waals surface area contributed by atoms with E-state index in [9.17, 15) is 0 Å². The van der Waals surface area contributed by atoms with Crippen molar-refractivity contribution in [2.45, 2.75) is 89.0 Å². The Balaban J connectivity index is -0.0000000254. The summed E-state index contributed by atoms with van der Waals surface area (Å²) in [7, 11) is 0. The molecule has 0 bridgehead atoms. The second-order valence-corrected chi connectivity index (χ2v) is 5.71. The fourth-order valence-electron chi connectivity index (χ4n) is 2.39. The topological polar surface area (TPSA) is 0 Å². The zero-order valence-electron chi connectivity index (χ0n) is 19.0. The molecule has 23 heavy (non-hydrogen) atoms. The van der Waals surface area contributed by atoms with Gasteiger partial charge in [0.15, 0.2) is 0 Å². The van der Waals surface area contributed by atoms with Gasteiger partial charge >= 0.3 is 0 Å². The molecule has 0 N–H and O–H groups in total. The predicted molar refractivity (Wildman–Crippen MR) is 102 cm³/mol. The first-order chi connectivity index (χ1) is 8.38. The van der Waals surface area contributed by atoms with E-state index in [1.807, 2.05) is 13.8 Å². The molecule has 0 amide bonds. The van der Waals surface area contributed by atoms with E-state index in [4.69, 9.17) is 0 Å². The Kier molecular flexibility index (Phi) is 79.3. The zero-order chi connectivity index (χ0) is 15.3. The van der Waals surface area contributed by atoms with Gasteiger partial charge in [-0.3, -0.25) is 0 Å². The molecule has 1 saturated carbocycles. The number of rotatable bonds is 0. The van der Waals surface area contributed by atoms with Gasteiger partial charge in [0, 0.05) is 98.1 Å². The van der Waals surface area contributed by atoms with E-state index < -0.39 is 0 Å². The Bertz CT molecular complexity index is 105. The number of hydrogen-bond acceptors (Lipinski definition) is 0. The molecule has 0 aromatic rings. The van der Waals surface area contributed by atoms with E-state index >= 15 is 0 Å². The average molecular weight is 555 g/mol. The zero-order valence-corrected chi connectivity index (χ0v) is 27.5. The quantitative estimate of drug-likeness (QED) is 0.267. The van der Waals surface area contributed by atoms with Gasteiger partial charge in [0.25, 0.3) is 0 Å². The van der Waals surface area contributed by atoms with E-state index in [0.717, 1.165) is 29.6 Å². The van der Waals surface area contributed by atoms with Crippen molar-refractivity contribution in [1.82, 2.24) is 0 Å². The summed E-state index contributed by atoms with van der Waals surface area (Å²) in [4.78, 5) is 0. The van der Waals surface area contributed by atoms with Gasteiger partial charge in [0.05, 0.1) is 0 Å². The Morgan fingerprint density at radius 2 is 0.478 bits per heavy atom. The fourth-order valence-corrected chi connectivity index (χ4v) is 2.39. The van der Waals surface area contributed by atoms with Gasteiger partial charge in [-0.05, 0) is 29.6 Å². The molecule has 1 aliphatic carbocycles. The van der Waals surface area contributed by atoms with Gasteiger partial charge in [-0.25, -0.2) is 0 Å². The van der Waals surface area contributed by atoms with Crippen molar-refractivity contribution in [3.63, 3.8) is 0 Å². The average Bonchev–Trinajstić information content (AvgIpc) is 2.52. The maximum atomic E-state index is 2.40. The summed E-state index contributed by atoms with van der Waals surface area (Å²) < 4.78 is 0. The van der Waals surface area contributed by atoms with Crippen molar-refractivity contribution >= 4 is 0 Å². The molecule has 0 atom stereocenters. The normalized spacial score (nSPS) is 26.0. The smallest absolute Gasteiger partial charge is 0 e.